The van der Waals surface area contributed by atoms with Crippen LogP contribution < -0.4 is 10.9 Å². The second-order valence-corrected chi connectivity index (χ2v) is 4.66. The Balaban J connectivity index is 2.58. The topological polar surface area (TPSA) is 49.8 Å². The summed E-state index contributed by atoms with van der Waals surface area (Å²) in [6, 6.07) is 6.21. The smallest absolute Gasteiger partial charge is 0.269 e. The Bertz CT molecular complexity index is 622. The number of benzene rings is 1. The Kier molecular flexibility index (Phi) is 3.39. The van der Waals surface area contributed by atoms with Gasteiger partial charge in [-0.15, -0.1) is 0 Å². The van der Waals surface area contributed by atoms with E-state index in [-0.39, 0.29) is 5.56 Å². The maximum absolute atomic E-state index is 11.9. The number of nitrogens with one attached hydrogen (secondary N) is 2. The van der Waals surface area contributed by atoms with Crippen LogP contribution in [0.3, 0.4) is 0 Å². The summed E-state index contributed by atoms with van der Waals surface area (Å²) >= 11 is 0. The van der Waals surface area contributed by atoms with E-state index in [1.54, 1.807) is 0 Å². The molecule has 18 heavy (non-hydrogen) atoms. The lowest BCUT2D eigenvalue weighted by atomic mass is 10.1. The van der Waals surface area contributed by atoms with E-state index < -0.39 is 0 Å². The number of hydrogen-bond donors (Lipinski definition) is 2. The number of aromatic amines is 1. The molecule has 0 unspecified atom stereocenters. The molecule has 0 saturated carbocycles. The Hall–Kier alpha value is -1.81. The van der Waals surface area contributed by atoms with Crippen molar-refractivity contribution in [3.63, 3.8) is 0 Å². The molecule has 0 atom stereocenters. The standard InChI is InChI=1S/C14H19N3O/c1-9-5-6-13(10(2)7-9)17-11(3)12(8-15-4)14(18)16-17/h5-7,15H,8H2,1-4H3,(H,16,18). The highest BCUT2D eigenvalue weighted by Gasteiger charge is 2.12. The SMILES string of the molecule is CNCc1c(C)n(-c2ccc(C)cc2C)[nH]c1=O. The minimum atomic E-state index is -0.0261. The van der Waals surface area contributed by atoms with E-state index in [0.29, 0.717) is 6.54 Å². The summed E-state index contributed by atoms with van der Waals surface area (Å²) in [5.41, 5.74) is 5.12. The molecule has 0 fully saturated rings. The van der Waals surface area contributed by atoms with Gasteiger partial charge in [-0.2, -0.15) is 0 Å². The van der Waals surface area contributed by atoms with E-state index in [1.807, 2.05) is 24.7 Å². The van der Waals surface area contributed by atoms with Crippen LogP contribution in [0, 0.1) is 20.8 Å². The first kappa shape index (κ1) is 12.6. The molecule has 0 aliphatic carbocycles. The van der Waals surface area contributed by atoms with E-state index in [0.717, 1.165) is 22.5 Å². The third-order valence-corrected chi connectivity index (χ3v) is 3.21. The maximum atomic E-state index is 11.9. The molecule has 0 saturated heterocycles. The molecule has 0 radical (unpaired) electrons. The molecule has 0 aliphatic rings. The molecule has 2 rings (SSSR count). The largest absolute Gasteiger partial charge is 0.315 e. The van der Waals surface area contributed by atoms with Gasteiger partial charge >= 0.3 is 0 Å². The molecule has 4 nitrogen and oxygen atoms in total. The summed E-state index contributed by atoms with van der Waals surface area (Å²) in [4.78, 5) is 11.9. The zero-order chi connectivity index (χ0) is 13.3. The van der Waals surface area contributed by atoms with E-state index in [1.165, 1.54) is 5.56 Å². The first-order valence-corrected chi connectivity index (χ1v) is 6.07. The zero-order valence-corrected chi connectivity index (χ0v) is 11.3. The molecule has 0 bridgehead atoms. The predicted molar refractivity (Wildman–Crippen MR) is 73.4 cm³/mol. The number of hydrogen-bond acceptors (Lipinski definition) is 2. The van der Waals surface area contributed by atoms with Gasteiger partial charge in [0.05, 0.1) is 11.3 Å². The van der Waals surface area contributed by atoms with E-state index in [4.69, 9.17) is 0 Å². The van der Waals surface area contributed by atoms with Crippen molar-refractivity contribution in [3.05, 3.63) is 50.9 Å². The number of nitrogens with zero attached hydrogens (tertiary/aromatic N) is 1. The van der Waals surface area contributed by atoms with E-state index in [2.05, 4.69) is 36.4 Å². The van der Waals surface area contributed by atoms with Gasteiger partial charge in [-0.1, -0.05) is 17.7 Å². The minimum Gasteiger partial charge on any atom is -0.315 e. The lowest BCUT2D eigenvalue weighted by Gasteiger charge is -2.10. The minimum absolute atomic E-state index is 0.0261. The first-order chi connectivity index (χ1) is 8.54. The molecule has 1 aromatic heterocycles. The molecule has 1 heterocycles. The third kappa shape index (κ3) is 2.11. The van der Waals surface area contributed by atoms with Gasteiger partial charge in [-0.05, 0) is 39.4 Å². The summed E-state index contributed by atoms with van der Waals surface area (Å²) in [7, 11) is 1.84. The summed E-state index contributed by atoms with van der Waals surface area (Å²) < 4.78 is 1.86. The molecule has 0 aliphatic heterocycles. The van der Waals surface area contributed by atoms with Gasteiger partial charge in [0, 0.05) is 12.2 Å². The molecule has 0 spiro atoms. The van der Waals surface area contributed by atoms with Crippen molar-refractivity contribution in [1.82, 2.24) is 15.1 Å². The summed E-state index contributed by atoms with van der Waals surface area (Å²) in [6.45, 7) is 6.66. The van der Waals surface area contributed by atoms with Crippen LogP contribution >= 0.6 is 0 Å². The van der Waals surface area contributed by atoms with Gasteiger partial charge in [0.15, 0.2) is 0 Å². The van der Waals surface area contributed by atoms with Crippen molar-refractivity contribution in [2.75, 3.05) is 7.05 Å². The van der Waals surface area contributed by atoms with Gasteiger partial charge in [0.2, 0.25) is 0 Å². The van der Waals surface area contributed by atoms with Crippen molar-refractivity contribution in [1.29, 1.82) is 0 Å². The third-order valence-electron chi connectivity index (χ3n) is 3.21. The van der Waals surface area contributed by atoms with E-state index >= 15 is 0 Å². The lowest BCUT2D eigenvalue weighted by Crippen LogP contribution is -2.14. The molecule has 1 aromatic carbocycles. The van der Waals surface area contributed by atoms with Gasteiger partial charge in [0.1, 0.15) is 0 Å². The Morgan fingerprint density at radius 1 is 1.28 bits per heavy atom. The number of aromatic nitrogens is 2. The predicted octanol–water partition coefficient (Wildman–Crippen LogP) is 1.81. The van der Waals surface area contributed by atoms with Crippen LogP contribution in [0.1, 0.15) is 22.4 Å². The molecule has 2 N–H and O–H groups in total. The number of H-pyrrole nitrogens is 1. The number of aryl methyl sites for hydroxylation is 2. The molecule has 2 aromatic rings. The number of rotatable bonds is 3. The van der Waals surface area contributed by atoms with E-state index in [9.17, 15) is 4.79 Å². The monoisotopic (exact) mass is 245 g/mol. The quantitative estimate of drug-likeness (QED) is 0.866. The van der Waals surface area contributed by atoms with Gasteiger partial charge in [-0.25, -0.2) is 0 Å². The van der Waals surface area contributed by atoms with Crippen molar-refractivity contribution >= 4 is 0 Å². The second kappa shape index (κ2) is 4.82. The maximum Gasteiger partial charge on any atom is 0.269 e. The van der Waals surface area contributed by atoms with Crippen molar-refractivity contribution < 1.29 is 0 Å². The van der Waals surface area contributed by atoms with Crippen LogP contribution in [0.25, 0.3) is 5.69 Å². The Labute approximate surface area is 107 Å². The van der Waals surface area contributed by atoms with Gasteiger partial charge in [0.25, 0.3) is 5.56 Å². The molecule has 96 valence electrons. The van der Waals surface area contributed by atoms with Gasteiger partial charge in [-0.3, -0.25) is 14.6 Å². The average molecular weight is 245 g/mol. The fourth-order valence-corrected chi connectivity index (χ4v) is 2.23. The average Bonchev–Trinajstić information content (AvgIpc) is 2.58. The zero-order valence-electron chi connectivity index (χ0n) is 11.3. The Morgan fingerprint density at radius 2 is 2.00 bits per heavy atom. The van der Waals surface area contributed by atoms with Crippen molar-refractivity contribution in [2.24, 2.45) is 0 Å². The van der Waals surface area contributed by atoms with Crippen LogP contribution in [0.2, 0.25) is 0 Å². The molecular weight excluding hydrogens is 226 g/mol. The molecule has 0 amide bonds. The highest BCUT2D eigenvalue weighted by atomic mass is 16.1. The van der Waals surface area contributed by atoms with Crippen LogP contribution in [0.15, 0.2) is 23.0 Å². The highest BCUT2D eigenvalue weighted by Crippen LogP contribution is 2.17. The van der Waals surface area contributed by atoms with Crippen LogP contribution in [0.4, 0.5) is 0 Å². The summed E-state index contributed by atoms with van der Waals surface area (Å²) in [5.74, 6) is 0. The van der Waals surface area contributed by atoms with Crippen LogP contribution in [0.5, 0.6) is 0 Å². The molecular formula is C14H19N3O. The fourth-order valence-electron chi connectivity index (χ4n) is 2.23. The Morgan fingerprint density at radius 3 is 2.61 bits per heavy atom. The summed E-state index contributed by atoms with van der Waals surface area (Å²) in [6.07, 6.45) is 0. The van der Waals surface area contributed by atoms with Gasteiger partial charge < -0.3 is 5.32 Å². The summed E-state index contributed by atoms with van der Waals surface area (Å²) in [5, 5.41) is 5.92. The van der Waals surface area contributed by atoms with Crippen molar-refractivity contribution in [3.8, 4) is 5.69 Å². The lowest BCUT2D eigenvalue weighted by molar-refractivity contribution is 0.799. The van der Waals surface area contributed by atoms with Crippen molar-refractivity contribution in [2.45, 2.75) is 27.3 Å². The normalized spacial score (nSPS) is 10.9. The van der Waals surface area contributed by atoms with Crippen LogP contribution in [-0.4, -0.2) is 16.8 Å². The van der Waals surface area contributed by atoms with Crippen LogP contribution in [-0.2, 0) is 6.54 Å². The molecule has 4 heteroatoms. The first-order valence-electron chi connectivity index (χ1n) is 6.07. The second-order valence-electron chi connectivity index (χ2n) is 4.66. The highest BCUT2D eigenvalue weighted by molar-refractivity contribution is 5.43. The fraction of sp³-hybridized carbons (Fsp3) is 0.357.